The van der Waals surface area contributed by atoms with E-state index in [-0.39, 0.29) is 17.6 Å². The van der Waals surface area contributed by atoms with Gasteiger partial charge in [0, 0.05) is 24.9 Å². The highest BCUT2D eigenvalue weighted by Crippen LogP contribution is 2.22. The third kappa shape index (κ3) is 4.80. The molecule has 0 aliphatic carbocycles. The molecule has 132 valence electrons. The van der Waals surface area contributed by atoms with Crippen LogP contribution in [-0.2, 0) is 4.79 Å². The van der Waals surface area contributed by atoms with Gasteiger partial charge in [-0.3, -0.25) is 9.78 Å². The summed E-state index contributed by atoms with van der Waals surface area (Å²) < 4.78 is 12.9. The van der Waals surface area contributed by atoms with Crippen molar-refractivity contribution in [3.63, 3.8) is 0 Å². The van der Waals surface area contributed by atoms with Crippen molar-refractivity contribution in [2.45, 2.75) is 18.9 Å². The van der Waals surface area contributed by atoms with E-state index in [9.17, 15) is 14.3 Å². The van der Waals surface area contributed by atoms with Crippen molar-refractivity contribution >= 4 is 11.7 Å². The van der Waals surface area contributed by atoms with E-state index in [4.69, 9.17) is 0 Å². The van der Waals surface area contributed by atoms with Crippen molar-refractivity contribution in [2.75, 3.05) is 25.0 Å². The number of aliphatic hydroxyl groups excluding tert-OH is 1. The second-order valence-electron chi connectivity index (χ2n) is 6.22. The number of piperidine rings is 1. The Hall–Kier alpha value is -2.38. The summed E-state index contributed by atoms with van der Waals surface area (Å²) >= 11 is 0. The zero-order chi connectivity index (χ0) is 17.6. The minimum atomic E-state index is -0.662. The Morgan fingerprint density at radius 3 is 2.64 bits per heavy atom. The van der Waals surface area contributed by atoms with E-state index in [1.807, 2.05) is 0 Å². The number of aromatic nitrogens is 2. The van der Waals surface area contributed by atoms with Gasteiger partial charge in [0.05, 0.1) is 12.3 Å². The Bertz CT molecular complexity index is 688. The molecule has 0 bridgehead atoms. The van der Waals surface area contributed by atoms with Crippen LogP contribution in [0.15, 0.2) is 42.9 Å². The zero-order valence-electron chi connectivity index (χ0n) is 13.8. The molecule has 2 heterocycles. The number of halogens is 1. The molecule has 2 N–H and O–H groups in total. The lowest BCUT2D eigenvalue weighted by molar-refractivity contribution is -0.121. The molecular weight excluding hydrogens is 323 g/mol. The molecule has 2 aromatic rings. The van der Waals surface area contributed by atoms with Gasteiger partial charge in [0.2, 0.25) is 5.91 Å². The number of carbonyl (C=O) groups excluding carboxylic acids is 1. The van der Waals surface area contributed by atoms with Gasteiger partial charge in [0.25, 0.3) is 0 Å². The third-order valence-corrected chi connectivity index (χ3v) is 4.46. The summed E-state index contributed by atoms with van der Waals surface area (Å²) in [5.74, 6) is 0.0352. The number of anilines is 1. The lowest BCUT2D eigenvalue weighted by atomic mass is 9.95. The molecule has 1 aromatic carbocycles. The number of nitrogens with zero attached hydrogens (tertiary/aromatic N) is 3. The molecule has 6 nitrogen and oxygen atoms in total. The first-order chi connectivity index (χ1) is 12.1. The van der Waals surface area contributed by atoms with E-state index in [0.717, 1.165) is 25.9 Å². The van der Waals surface area contributed by atoms with Crippen LogP contribution < -0.4 is 5.32 Å². The second-order valence-corrected chi connectivity index (χ2v) is 6.22. The van der Waals surface area contributed by atoms with Crippen molar-refractivity contribution in [1.82, 2.24) is 14.9 Å². The molecule has 1 aliphatic heterocycles. The third-order valence-electron chi connectivity index (χ3n) is 4.46. The Balaban J connectivity index is 1.46. The quantitative estimate of drug-likeness (QED) is 0.867. The lowest BCUT2D eigenvalue weighted by Crippen LogP contribution is -2.40. The Morgan fingerprint density at radius 2 is 2.00 bits per heavy atom. The fourth-order valence-corrected chi connectivity index (χ4v) is 3.00. The maximum absolute atomic E-state index is 12.9. The molecule has 1 amide bonds. The van der Waals surface area contributed by atoms with E-state index in [2.05, 4.69) is 20.2 Å². The summed E-state index contributed by atoms with van der Waals surface area (Å²) in [6, 6.07) is 5.89. The van der Waals surface area contributed by atoms with Crippen molar-refractivity contribution in [1.29, 1.82) is 0 Å². The SMILES string of the molecule is O=C(Nc1cnccn1)C1CCN(C[C@H](O)c2ccc(F)cc2)CC1. The average Bonchev–Trinajstić information content (AvgIpc) is 2.63. The van der Waals surface area contributed by atoms with Crippen molar-refractivity contribution < 1.29 is 14.3 Å². The topological polar surface area (TPSA) is 78.4 Å². The lowest BCUT2D eigenvalue weighted by Gasteiger charge is -2.32. The molecule has 1 fully saturated rings. The number of amides is 1. The number of hydrogen-bond donors (Lipinski definition) is 2. The predicted molar refractivity (Wildman–Crippen MR) is 91.2 cm³/mol. The van der Waals surface area contributed by atoms with Crippen LogP contribution in [0.5, 0.6) is 0 Å². The molecule has 1 aromatic heterocycles. The number of β-amino-alcohol motifs (C(OH)–C–C–N with tert-alkyl or cyclic N) is 1. The number of rotatable bonds is 5. The summed E-state index contributed by atoms with van der Waals surface area (Å²) in [6.07, 6.45) is 5.40. The highest BCUT2D eigenvalue weighted by molar-refractivity contribution is 5.91. The van der Waals surface area contributed by atoms with Gasteiger partial charge in [-0.25, -0.2) is 9.37 Å². The van der Waals surface area contributed by atoms with Gasteiger partial charge in [-0.15, -0.1) is 0 Å². The van der Waals surface area contributed by atoms with Crippen molar-refractivity contribution in [3.05, 3.63) is 54.2 Å². The second kappa shape index (κ2) is 8.13. The van der Waals surface area contributed by atoms with Gasteiger partial charge in [-0.2, -0.15) is 0 Å². The minimum absolute atomic E-state index is 0.0424. The Morgan fingerprint density at radius 1 is 1.28 bits per heavy atom. The van der Waals surface area contributed by atoms with Crippen LogP contribution >= 0.6 is 0 Å². The van der Waals surface area contributed by atoms with Gasteiger partial charge in [0.15, 0.2) is 5.82 Å². The van der Waals surface area contributed by atoms with Crippen LogP contribution in [0.25, 0.3) is 0 Å². The zero-order valence-corrected chi connectivity index (χ0v) is 13.8. The molecule has 7 heteroatoms. The first-order valence-corrected chi connectivity index (χ1v) is 8.34. The summed E-state index contributed by atoms with van der Waals surface area (Å²) in [7, 11) is 0. The summed E-state index contributed by atoms with van der Waals surface area (Å²) in [5.41, 5.74) is 0.698. The number of benzene rings is 1. The van der Waals surface area contributed by atoms with E-state index < -0.39 is 6.10 Å². The maximum atomic E-state index is 12.9. The highest BCUT2D eigenvalue weighted by Gasteiger charge is 2.26. The fourth-order valence-electron chi connectivity index (χ4n) is 3.00. The van der Waals surface area contributed by atoms with Gasteiger partial charge < -0.3 is 15.3 Å². The molecule has 0 saturated carbocycles. The van der Waals surface area contributed by atoms with Crippen molar-refractivity contribution in [3.8, 4) is 0 Å². The highest BCUT2D eigenvalue weighted by atomic mass is 19.1. The summed E-state index contributed by atoms with van der Waals surface area (Å²) in [4.78, 5) is 22.4. The largest absolute Gasteiger partial charge is 0.387 e. The van der Waals surface area contributed by atoms with Crippen LogP contribution in [0.2, 0.25) is 0 Å². The fraction of sp³-hybridized carbons (Fsp3) is 0.389. The molecule has 0 radical (unpaired) electrons. The number of hydrogen-bond acceptors (Lipinski definition) is 5. The smallest absolute Gasteiger partial charge is 0.228 e. The normalized spacial score (nSPS) is 17.2. The number of likely N-dealkylation sites (tertiary alicyclic amines) is 1. The van der Waals surface area contributed by atoms with E-state index in [1.54, 1.807) is 18.3 Å². The molecular formula is C18H21FN4O2. The number of carbonyl (C=O) groups is 1. The Kier molecular flexibility index (Phi) is 5.67. The maximum Gasteiger partial charge on any atom is 0.228 e. The van der Waals surface area contributed by atoms with Gasteiger partial charge in [-0.1, -0.05) is 12.1 Å². The van der Waals surface area contributed by atoms with Gasteiger partial charge in [0.1, 0.15) is 5.82 Å². The van der Waals surface area contributed by atoms with Crippen molar-refractivity contribution in [2.24, 2.45) is 5.92 Å². The van der Waals surface area contributed by atoms with Gasteiger partial charge >= 0.3 is 0 Å². The molecule has 1 saturated heterocycles. The first-order valence-electron chi connectivity index (χ1n) is 8.34. The van der Waals surface area contributed by atoms with Crippen LogP contribution in [-0.4, -0.2) is 45.5 Å². The average molecular weight is 344 g/mol. The molecule has 25 heavy (non-hydrogen) atoms. The number of nitrogens with one attached hydrogen (secondary N) is 1. The van der Waals surface area contributed by atoms with Crippen LogP contribution in [0.4, 0.5) is 10.2 Å². The predicted octanol–water partition coefficient (Wildman–Crippen LogP) is 2.00. The minimum Gasteiger partial charge on any atom is -0.387 e. The number of aliphatic hydroxyl groups is 1. The Labute approximate surface area is 145 Å². The summed E-state index contributed by atoms with van der Waals surface area (Å²) in [5, 5.41) is 13.1. The van der Waals surface area contributed by atoms with Crippen LogP contribution in [0.1, 0.15) is 24.5 Å². The molecule has 1 aliphatic rings. The van der Waals surface area contributed by atoms with Crippen LogP contribution in [0, 0.1) is 11.7 Å². The standard InChI is InChI=1S/C18H21FN4O2/c19-15-3-1-13(2-4-15)16(24)12-23-9-5-14(6-10-23)18(25)22-17-11-20-7-8-21-17/h1-4,7-8,11,14,16,24H,5-6,9-10,12H2,(H,21,22,25)/t16-/m0/s1. The molecule has 0 spiro atoms. The van der Waals surface area contributed by atoms with E-state index in [0.29, 0.717) is 17.9 Å². The molecule has 3 rings (SSSR count). The van der Waals surface area contributed by atoms with Crippen LogP contribution in [0.3, 0.4) is 0 Å². The van der Waals surface area contributed by atoms with E-state index >= 15 is 0 Å². The molecule has 1 atom stereocenters. The first kappa shape index (κ1) is 17.4. The monoisotopic (exact) mass is 344 g/mol. The van der Waals surface area contributed by atoms with Gasteiger partial charge in [-0.05, 0) is 43.6 Å². The summed E-state index contributed by atoms with van der Waals surface area (Å²) in [6.45, 7) is 1.94. The van der Waals surface area contributed by atoms with E-state index in [1.165, 1.54) is 24.5 Å². The molecule has 0 unspecified atom stereocenters.